The number of carbonyl (C=O) groups excluding carboxylic acids is 4. The largest absolute Gasteiger partial charge is 0.545 e. The third kappa shape index (κ3) is 4.10. The molecule has 1 aliphatic rings. The molecule has 1 aliphatic heterocycles. The minimum absolute atomic E-state index is 0.0402. The minimum Gasteiger partial charge on any atom is -0.545 e. The number of anilines is 2. The quantitative estimate of drug-likeness (QED) is 0.511. The summed E-state index contributed by atoms with van der Waals surface area (Å²) in [7, 11) is 0. The number of nitrogens with zero attached hydrogens (tertiary/aromatic N) is 1. The second-order valence-corrected chi connectivity index (χ2v) is 7.95. The van der Waals surface area contributed by atoms with E-state index in [1.807, 2.05) is 0 Å². The molecule has 1 heterocycles. The molecule has 0 spiro atoms. The van der Waals surface area contributed by atoms with Gasteiger partial charge in [0.15, 0.2) is 0 Å². The van der Waals surface area contributed by atoms with Crippen LogP contribution in [0.3, 0.4) is 0 Å². The number of para-hydroxylation sites is 2. The third-order valence-electron chi connectivity index (χ3n) is 5.00. The highest BCUT2D eigenvalue weighted by molar-refractivity contribution is 9.10. The highest BCUT2D eigenvalue weighted by Gasteiger charge is 2.38. The zero-order valence-electron chi connectivity index (χ0n) is 17.3. The number of hydrogen-bond donors (Lipinski definition) is 1. The first kappa shape index (κ1) is 22.2. The van der Waals surface area contributed by atoms with Crippen molar-refractivity contribution in [2.24, 2.45) is 0 Å². The fraction of sp³-hybridized carbons (Fsp3) is 0.0833. The van der Waals surface area contributed by atoms with Gasteiger partial charge in [-0.05, 0) is 55.5 Å². The van der Waals surface area contributed by atoms with Gasteiger partial charge in [0.2, 0.25) is 0 Å². The molecule has 3 aromatic carbocycles. The first-order chi connectivity index (χ1) is 15.8. The number of rotatable bonds is 6. The highest BCUT2D eigenvalue weighted by Crippen LogP contribution is 2.35. The SMILES string of the molecule is CCOc1ccccc1N1C(=O)c2ccc(C(=O)Nc3ccc(Br)cc3C(=O)[O-])cc2C1=O. The minimum atomic E-state index is -1.45. The third-order valence-corrected chi connectivity index (χ3v) is 5.50. The number of amides is 3. The number of fused-ring (bicyclic) bond motifs is 1. The fourth-order valence-electron chi connectivity index (χ4n) is 3.51. The Kier molecular flexibility index (Phi) is 5.97. The van der Waals surface area contributed by atoms with Crippen LogP contribution in [0, 0.1) is 0 Å². The van der Waals surface area contributed by atoms with Crippen molar-refractivity contribution in [2.45, 2.75) is 6.92 Å². The van der Waals surface area contributed by atoms with E-state index in [0.717, 1.165) is 4.90 Å². The molecule has 0 aromatic heterocycles. The van der Waals surface area contributed by atoms with E-state index in [0.29, 0.717) is 22.5 Å². The van der Waals surface area contributed by atoms with Gasteiger partial charge in [-0.15, -0.1) is 0 Å². The lowest BCUT2D eigenvalue weighted by Crippen LogP contribution is -2.29. The van der Waals surface area contributed by atoms with Crippen molar-refractivity contribution in [2.75, 3.05) is 16.8 Å². The Balaban J connectivity index is 1.65. The first-order valence-electron chi connectivity index (χ1n) is 9.88. The normalized spacial score (nSPS) is 12.5. The number of nitrogens with one attached hydrogen (secondary N) is 1. The lowest BCUT2D eigenvalue weighted by Gasteiger charge is -2.17. The van der Waals surface area contributed by atoms with E-state index in [4.69, 9.17) is 4.74 Å². The fourth-order valence-corrected chi connectivity index (χ4v) is 3.87. The van der Waals surface area contributed by atoms with Gasteiger partial charge in [-0.2, -0.15) is 0 Å². The van der Waals surface area contributed by atoms with Crippen LogP contribution in [0.25, 0.3) is 0 Å². The average molecular weight is 508 g/mol. The van der Waals surface area contributed by atoms with E-state index in [1.54, 1.807) is 37.3 Å². The van der Waals surface area contributed by atoms with Gasteiger partial charge in [0.1, 0.15) is 5.75 Å². The van der Waals surface area contributed by atoms with Crippen LogP contribution in [0.4, 0.5) is 11.4 Å². The summed E-state index contributed by atoms with van der Waals surface area (Å²) in [5.74, 6) is -2.82. The van der Waals surface area contributed by atoms with Crippen LogP contribution in [0.1, 0.15) is 48.4 Å². The van der Waals surface area contributed by atoms with E-state index < -0.39 is 23.7 Å². The number of halogens is 1. The average Bonchev–Trinajstić information content (AvgIpc) is 3.05. The Labute approximate surface area is 196 Å². The molecular weight excluding hydrogens is 492 g/mol. The molecule has 8 nitrogen and oxygen atoms in total. The highest BCUT2D eigenvalue weighted by atomic mass is 79.9. The predicted octanol–water partition coefficient (Wildman–Crippen LogP) is 3.26. The molecule has 0 saturated carbocycles. The molecular formula is C24H16BrN2O6-. The number of carboxylic acid groups (broad SMARTS) is 1. The molecule has 1 N–H and O–H groups in total. The number of hydrogen-bond acceptors (Lipinski definition) is 6. The molecule has 0 aliphatic carbocycles. The molecule has 0 atom stereocenters. The van der Waals surface area contributed by atoms with Gasteiger partial charge in [-0.25, -0.2) is 4.90 Å². The summed E-state index contributed by atoms with van der Waals surface area (Å²) in [6.45, 7) is 2.15. The second kappa shape index (κ2) is 8.87. The Morgan fingerprint density at radius 3 is 2.45 bits per heavy atom. The van der Waals surface area contributed by atoms with Crippen molar-refractivity contribution in [1.82, 2.24) is 0 Å². The zero-order chi connectivity index (χ0) is 23.7. The van der Waals surface area contributed by atoms with Crippen molar-refractivity contribution in [3.8, 4) is 5.75 Å². The van der Waals surface area contributed by atoms with Gasteiger partial charge in [0.05, 0.1) is 35.1 Å². The monoisotopic (exact) mass is 507 g/mol. The number of carboxylic acids is 1. The van der Waals surface area contributed by atoms with Crippen LogP contribution < -0.4 is 20.1 Å². The molecule has 0 radical (unpaired) electrons. The summed E-state index contributed by atoms with van der Waals surface area (Å²) in [4.78, 5) is 51.3. The number of carbonyl (C=O) groups is 4. The molecule has 4 rings (SSSR count). The Hall–Kier alpha value is -3.98. The van der Waals surface area contributed by atoms with E-state index in [2.05, 4.69) is 21.2 Å². The van der Waals surface area contributed by atoms with Gasteiger partial charge in [0.25, 0.3) is 17.7 Å². The van der Waals surface area contributed by atoms with Crippen molar-refractivity contribution in [3.63, 3.8) is 0 Å². The van der Waals surface area contributed by atoms with Crippen molar-refractivity contribution in [3.05, 3.63) is 87.4 Å². The van der Waals surface area contributed by atoms with Crippen LogP contribution in [-0.2, 0) is 0 Å². The number of imide groups is 1. The summed E-state index contributed by atoms with van der Waals surface area (Å²) in [5.41, 5.74) is 0.450. The van der Waals surface area contributed by atoms with Gasteiger partial charge < -0.3 is 20.0 Å². The summed E-state index contributed by atoms with van der Waals surface area (Å²) < 4.78 is 6.05. The van der Waals surface area contributed by atoms with Gasteiger partial charge in [-0.3, -0.25) is 14.4 Å². The maximum atomic E-state index is 13.1. The summed E-state index contributed by atoms with van der Waals surface area (Å²) >= 11 is 3.17. The Bertz CT molecular complexity index is 1320. The van der Waals surface area contributed by atoms with E-state index in [1.165, 1.54) is 30.3 Å². The summed E-state index contributed by atoms with van der Waals surface area (Å²) in [5, 5.41) is 13.9. The van der Waals surface area contributed by atoms with Gasteiger partial charge in [0, 0.05) is 15.6 Å². The maximum Gasteiger partial charge on any atom is 0.266 e. The summed E-state index contributed by atoms with van der Waals surface area (Å²) in [6, 6.07) is 15.1. The lowest BCUT2D eigenvalue weighted by molar-refractivity contribution is -0.254. The molecule has 166 valence electrons. The second-order valence-electron chi connectivity index (χ2n) is 7.04. The standard InChI is InChI=1S/C24H17BrN2O6/c1-2-33-20-6-4-3-5-19(20)27-22(29)15-9-7-13(11-16(15)23(27)30)21(28)26-18-10-8-14(25)12-17(18)24(31)32/h3-12H,2H2,1H3,(H,26,28)(H,31,32)/p-1. The summed E-state index contributed by atoms with van der Waals surface area (Å²) in [6.07, 6.45) is 0. The molecule has 33 heavy (non-hydrogen) atoms. The molecule has 3 aromatic rings. The van der Waals surface area contributed by atoms with Crippen LogP contribution in [-0.4, -0.2) is 30.3 Å². The molecule has 0 saturated heterocycles. The van der Waals surface area contributed by atoms with E-state index in [-0.39, 0.29) is 27.9 Å². The Morgan fingerprint density at radius 1 is 1.00 bits per heavy atom. The molecule has 0 bridgehead atoms. The number of ether oxygens (including phenoxy) is 1. The van der Waals surface area contributed by atoms with E-state index in [9.17, 15) is 24.3 Å². The predicted molar refractivity (Wildman–Crippen MR) is 122 cm³/mol. The van der Waals surface area contributed by atoms with Crippen LogP contribution in [0.5, 0.6) is 5.75 Å². The van der Waals surface area contributed by atoms with Crippen LogP contribution in [0.2, 0.25) is 0 Å². The molecule has 9 heteroatoms. The number of benzene rings is 3. The first-order valence-corrected chi connectivity index (χ1v) is 10.7. The van der Waals surface area contributed by atoms with Crippen molar-refractivity contribution < 1.29 is 29.0 Å². The number of aromatic carboxylic acids is 1. The Morgan fingerprint density at radius 2 is 1.73 bits per heavy atom. The van der Waals surface area contributed by atoms with Crippen molar-refractivity contribution >= 4 is 51.0 Å². The van der Waals surface area contributed by atoms with E-state index >= 15 is 0 Å². The van der Waals surface area contributed by atoms with Gasteiger partial charge >= 0.3 is 0 Å². The van der Waals surface area contributed by atoms with Gasteiger partial charge in [-0.1, -0.05) is 28.1 Å². The smallest absolute Gasteiger partial charge is 0.266 e. The molecule has 3 amide bonds. The van der Waals surface area contributed by atoms with Crippen molar-refractivity contribution in [1.29, 1.82) is 0 Å². The maximum absolute atomic E-state index is 13.1. The zero-order valence-corrected chi connectivity index (χ0v) is 18.8. The topological polar surface area (TPSA) is 116 Å². The lowest BCUT2D eigenvalue weighted by atomic mass is 10.0. The molecule has 0 unspecified atom stereocenters. The van der Waals surface area contributed by atoms with Crippen LogP contribution >= 0.6 is 15.9 Å². The molecule has 0 fully saturated rings. The van der Waals surface area contributed by atoms with Crippen LogP contribution in [0.15, 0.2) is 65.1 Å².